The van der Waals surface area contributed by atoms with Gasteiger partial charge in [-0.05, 0) is 51.2 Å². The molecule has 1 aromatic rings. The third-order valence-electron chi connectivity index (χ3n) is 7.59. The monoisotopic (exact) mass is 470 g/mol. The summed E-state index contributed by atoms with van der Waals surface area (Å²) in [5, 5.41) is 2.98. The van der Waals surface area contributed by atoms with E-state index < -0.39 is 5.54 Å². The molecule has 0 radical (unpaired) electrons. The van der Waals surface area contributed by atoms with Gasteiger partial charge in [-0.1, -0.05) is 51.8 Å². The summed E-state index contributed by atoms with van der Waals surface area (Å²) in [6.07, 6.45) is 5.96. The average molecular weight is 471 g/mol. The fourth-order valence-electron chi connectivity index (χ4n) is 5.23. The van der Waals surface area contributed by atoms with Crippen LogP contribution in [0.2, 0.25) is 0 Å². The average Bonchev–Trinajstić information content (AvgIpc) is 3.11. The van der Waals surface area contributed by atoms with Crippen LogP contribution >= 0.6 is 0 Å². The van der Waals surface area contributed by atoms with Gasteiger partial charge in [0.05, 0.1) is 6.67 Å². The Balaban J connectivity index is 1.77. The zero-order chi connectivity index (χ0) is 24.7. The van der Waals surface area contributed by atoms with Gasteiger partial charge in [-0.3, -0.25) is 14.4 Å². The van der Waals surface area contributed by atoms with Crippen molar-refractivity contribution in [3.05, 3.63) is 30.3 Å². The number of hydrogen-bond acceptors (Lipinski definition) is 4. The Labute approximate surface area is 204 Å². The summed E-state index contributed by atoms with van der Waals surface area (Å²) in [4.78, 5) is 45.3. The van der Waals surface area contributed by atoms with E-state index in [0.29, 0.717) is 32.6 Å². The molecule has 2 aliphatic heterocycles. The highest BCUT2D eigenvalue weighted by atomic mass is 16.2. The molecule has 34 heavy (non-hydrogen) atoms. The molecule has 0 saturated carbocycles. The molecule has 0 aromatic heterocycles. The molecule has 7 heteroatoms. The number of benzene rings is 1. The molecule has 0 bridgehead atoms. The van der Waals surface area contributed by atoms with Gasteiger partial charge >= 0.3 is 0 Å². The first kappa shape index (κ1) is 26.0. The predicted molar refractivity (Wildman–Crippen MR) is 135 cm³/mol. The second-order valence-corrected chi connectivity index (χ2v) is 9.89. The summed E-state index contributed by atoms with van der Waals surface area (Å²) in [5.74, 6) is 0.175. The van der Waals surface area contributed by atoms with Gasteiger partial charge in [-0.2, -0.15) is 0 Å². The summed E-state index contributed by atoms with van der Waals surface area (Å²) >= 11 is 0. The van der Waals surface area contributed by atoms with E-state index in [-0.39, 0.29) is 36.2 Å². The van der Waals surface area contributed by atoms with Crippen LogP contribution in [0.15, 0.2) is 30.3 Å². The van der Waals surface area contributed by atoms with Crippen LogP contribution < -0.4 is 10.2 Å². The topological polar surface area (TPSA) is 73.0 Å². The van der Waals surface area contributed by atoms with E-state index in [1.807, 2.05) is 49.1 Å². The largest absolute Gasteiger partial charge is 0.352 e. The summed E-state index contributed by atoms with van der Waals surface area (Å²) in [7, 11) is 0. The normalized spacial score (nSPS) is 19.4. The Bertz CT molecular complexity index is 836. The Morgan fingerprint density at radius 3 is 2.32 bits per heavy atom. The Kier molecular flexibility index (Phi) is 8.97. The molecule has 2 atom stereocenters. The third kappa shape index (κ3) is 5.56. The number of unbranched alkanes of at least 4 members (excludes halogenated alkanes) is 1. The lowest BCUT2D eigenvalue weighted by atomic mass is 9.84. The second kappa shape index (κ2) is 11.7. The predicted octanol–water partition coefficient (Wildman–Crippen LogP) is 3.79. The molecule has 2 aliphatic rings. The van der Waals surface area contributed by atoms with Crippen molar-refractivity contribution in [2.24, 2.45) is 5.92 Å². The molecule has 1 spiro atoms. The van der Waals surface area contributed by atoms with Gasteiger partial charge in [0.2, 0.25) is 11.8 Å². The lowest BCUT2D eigenvalue weighted by Gasteiger charge is -2.44. The fourth-order valence-corrected chi connectivity index (χ4v) is 5.23. The van der Waals surface area contributed by atoms with Crippen LogP contribution in [0.25, 0.3) is 0 Å². The summed E-state index contributed by atoms with van der Waals surface area (Å²) < 4.78 is 0. The second-order valence-electron chi connectivity index (χ2n) is 9.89. The van der Waals surface area contributed by atoms with Crippen LogP contribution in [0.3, 0.4) is 0 Å². The number of likely N-dealkylation sites (tertiary alicyclic amines) is 1. The first-order valence-corrected chi connectivity index (χ1v) is 13.1. The summed E-state index contributed by atoms with van der Waals surface area (Å²) in [5.41, 5.74) is 0.273. The molecular weight excluding hydrogens is 428 g/mol. The molecule has 2 saturated heterocycles. The third-order valence-corrected chi connectivity index (χ3v) is 7.59. The van der Waals surface area contributed by atoms with Crippen LogP contribution in [-0.4, -0.2) is 65.4 Å². The number of amides is 3. The van der Waals surface area contributed by atoms with Crippen molar-refractivity contribution in [1.82, 2.24) is 15.1 Å². The maximum atomic E-state index is 13.8. The lowest BCUT2D eigenvalue weighted by molar-refractivity contribution is -0.142. The van der Waals surface area contributed by atoms with E-state index in [4.69, 9.17) is 0 Å². The van der Waals surface area contributed by atoms with Gasteiger partial charge in [0, 0.05) is 30.7 Å². The number of hydrogen-bond donors (Lipinski definition) is 1. The molecule has 1 aromatic carbocycles. The highest BCUT2D eigenvalue weighted by Crippen LogP contribution is 2.39. The van der Waals surface area contributed by atoms with Crippen LogP contribution in [0.1, 0.15) is 72.6 Å². The molecule has 3 amide bonds. The van der Waals surface area contributed by atoms with Crippen LogP contribution in [0, 0.1) is 5.92 Å². The lowest BCUT2D eigenvalue weighted by Crippen LogP contribution is -2.58. The number of carbonyl (C=O) groups excluding carboxylic acids is 3. The van der Waals surface area contributed by atoms with E-state index in [9.17, 15) is 14.4 Å². The Hall–Kier alpha value is -2.57. The highest BCUT2D eigenvalue weighted by Gasteiger charge is 2.54. The Morgan fingerprint density at radius 1 is 1.06 bits per heavy atom. The number of rotatable bonds is 10. The number of para-hydroxylation sites is 1. The number of carbonyl (C=O) groups is 3. The van der Waals surface area contributed by atoms with Crippen molar-refractivity contribution in [2.45, 2.75) is 84.2 Å². The fraction of sp³-hybridized carbons (Fsp3) is 0.667. The summed E-state index contributed by atoms with van der Waals surface area (Å²) in [6.45, 7) is 9.83. The van der Waals surface area contributed by atoms with Crippen LogP contribution in [0.5, 0.6) is 0 Å². The standard InChI is InChI=1S/C27H42N4O3/c1-5-8-12-22(7-3)25(33)29-17-15-27(16-18-29)26(34)30(19-24(32)28-21(4)6-2)20-31(27)23-13-10-9-11-14-23/h9-11,13-14,21-22H,5-8,12,15-20H2,1-4H3,(H,28,32). The minimum atomic E-state index is -0.708. The number of anilines is 1. The zero-order valence-electron chi connectivity index (χ0n) is 21.4. The van der Waals surface area contributed by atoms with Crippen molar-refractivity contribution < 1.29 is 14.4 Å². The Morgan fingerprint density at radius 2 is 1.74 bits per heavy atom. The van der Waals surface area contributed by atoms with Gasteiger partial charge in [-0.25, -0.2) is 0 Å². The van der Waals surface area contributed by atoms with Gasteiger partial charge in [0.15, 0.2) is 0 Å². The molecule has 1 N–H and O–H groups in total. The number of nitrogens with one attached hydrogen (secondary N) is 1. The minimum absolute atomic E-state index is 0.000720. The van der Waals surface area contributed by atoms with E-state index in [1.165, 1.54) is 0 Å². The van der Waals surface area contributed by atoms with Gasteiger partial charge in [-0.15, -0.1) is 0 Å². The molecule has 0 aliphatic carbocycles. The van der Waals surface area contributed by atoms with E-state index in [2.05, 4.69) is 24.1 Å². The molecule has 2 fully saturated rings. The quantitative estimate of drug-likeness (QED) is 0.565. The van der Waals surface area contributed by atoms with E-state index >= 15 is 0 Å². The van der Waals surface area contributed by atoms with Crippen molar-refractivity contribution >= 4 is 23.4 Å². The van der Waals surface area contributed by atoms with Crippen molar-refractivity contribution in [3.8, 4) is 0 Å². The van der Waals surface area contributed by atoms with Crippen molar-refractivity contribution in [2.75, 3.05) is 31.2 Å². The van der Waals surface area contributed by atoms with Crippen LogP contribution in [0.4, 0.5) is 5.69 Å². The highest BCUT2D eigenvalue weighted by molar-refractivity contribution is 5.96. The smallest absolute Gasteiger partial charge is 0.250 e. The SMILES string of the molecule is CCCCC(CC)C(=O)N1CCC2(CC1)C(=O)N(CC(=O)NC(C)CC)CN2c1ccccc1. The maximum Gasteiger partial charge on any atom is 0.250 e. The molecule has 2 heterocycles. The first-order chi connectivity index (χ1) is 16.4. The van der Waals surface area contributed by atoms with Crippen molar-refractivity contribution in [1.29, 1.82) is 0 Å². The maximum absolute atomic E-state index is 13.8. The van der Waals surface area contributed by atoms with E-state index in [0.717, 1.165) is 37.8 Å². The molecule has 188 valence electrons. The molecule has 7 nitrogen and oxygen atoms in total. The van der Waals surface area contributed by atoms with Gasteiger partial charge in [0.1, 0.15) is 12.1 Å². The van der Waals surface area contributed by atoms with Gasteiger partial charge < -0.3 is 20.0 Å². The van der Waals surface area contributed by atoms with Gasteiger partial charge in [0.25, 0.3) is 5.91 Å². The molecule has 3 rings (SSSR count). The zero-order valence-corrected chi connectivity index (χ0v) is 21.4. The minimum Gasteiger partial charge on any atom is -0.352 e. The molecular formula is C27H42N4O3. The van der Waals surface area contributed by atoms with E-state index in [1.54, 1.807) is 4.90 Å². The van der Waals surface area contributed by atoms with Crippen molar-refractivity contribution in [3.63, 3.8) is 0 Å². The number of nitrogens with zero attached hydrogens (tertiary/aromatic N) is 3. The van der Waals surface area contributed by atoms with Crippen LogP contribution in [-0.2, 0) is 14.4 Å². The summed E-state index contributed by atoms with van der Waals surface area (Å²) in [6, 6.07) is 10.0. The number of piperidine rings is 1. The first-order valence-electron chi connectivity index (χ1n) is 13.1. The molecule has 2 unspecified atom stereocenters.